The van der Waals surface area contributed by atoms with Crippen molar-refractivity contribution in [3.8, 4) is 0 Å². The monoisotopic (exact) mass is 245 g/mol. The van der Waals surface area contributed by atoms with E-state index in [1.807, 2.05) is 24.3 Å². The van der Waals surface area contributed by atoms with Crippen molar-refractivity contribution in [1.29, 1.82) is 0 Å². The van der Waals surface area contributed by atoms with Gasteiger partial charge < -0.3 is 5.73 Å². The standard InChI is InChI=1S/C11H10N.Y/c12-8-10-6-3-5-9-4-1-2-7-11(9)10;/h1-7,12H,8H2;/q-1;. The van der Waals surface area contributed by atoms with Crippen LogP contribution in [0.1, 0.15) is 5.56 Å². The van der Waals surface area contributed by atoms with E-state index in [-0.39, 0.29) is 32.7 Å². The van der Waals surface area contributed by atoms with Crippen molar-refractivity contribution in [3.63, 3.8) is 0 Å². The summed E-state index contributed by atoms with van der Waals surface area (Å²) in [5, 5.41) is 2.43. The molecule has 0 fully saturated rings. The molecule has 0 heterocycles. The van der Waals surface area contributed by atoms with Crippen LogP contribution < -0.4 is 0 Å². The van der Waals surface area contributed by atoms with Crippen LogP contribution >= 0.6 is 0 Å². The quantitative estimate of drug-likeness (QED) is 0.735. The van der Waals surface area contributed by atoms with Gasteiger partial charge in [0.1, 0.15) is 0 Å². The van der Waals surface area contributed by atoms with Crippen LogP contribution in [-0.4, -0.2) is 0 Å². The van der Waals surface area contributed by atoms with E-state index in [0.29, 0.717) is 6.54 Å². The molecule has 63 valence electrons. The van der Waals surface area contributed by atoms with Crippen LogP contribution in [-0.2, 0) is 39.3 Å². The molecular formula is C11H10NY-. The molecule has 2 rings (SSSR count). The van der Waals surface area contributed by atoms with E-state index < -0.39 is 0 Å². The second-order valence-corrected chi connectivity index (χ2v) is 2.82. The molecule has 0 amide bonds. The first-order valence-electron chi connectivity index (χ1n) is 4.03. The summed E-state index contributed by atoms with van der Waals surface area (Å²) in [7, 11) is 0. The number of rotatable bonds is 1. The Morgan fingerprint density at radius 3 is 2.38 bits per heavy atom. The van der Waals surface area contributed by atoms with Crippen LogP contribution in [0.25, 0.3) is 16.5 Å². The van der Waals surface area contributed by atoms with Gasteiger partial charge in [0.25, 0.3) is 0 Å². The molecule has 1 radical (unpaired) electrons. The van der Waals surface area contributed by atoms with E-state index in [0.717, 1.165) is 5.56 Å². The summed E-state index contributed by atoms with van der Waals surface area (Å²) in [6.45, 7) is 0.362. The zero-order valence-electron chi connectivity index (χ0n) is 7.33. The number of nitrogens with one attached hydrogen (secondary N) is 1. The Morgan fingerprint density at radius 2 is 1.62 bits per heavy atom. The molecule has 0 saturated heterocycles. The average molecular weight is 245 g/mol. The van der Waals surface area contributed by atoms with Gasteiger partial charge in [0, 0.05) is 32.7 Å². The summed E-state index contributed by atoms with van der Waals surface area (Å²) in [5.41, 5.74) is 8.43. The van der Waals surface area contributed by atoms with Gasteiger partial charge in [-0.3, -0.25) is 0 Å². The van der Waals surface area contributed by atoms with E-state index in [2.05, 4.69) is 18.2 Å². The van der Waals surface area contributed by atoms with Crippen LogP contribution in [0.4, 0.5) is 0 Å². The smallest absolute Gasteiger partial charge is 0 e. The number of hydrogen-bond acceptors (Lipinski definition) is 0. The van der Waals surface area contributed by atoms with Crippen LogP contribution in [0.5, 0.6) is 0 Å². The van der Waals surface area contributed by atoms with Crippen molar-refractivity contribution in [3.05, 3.63) is 53.8 Å². The van der Waals surface area contributed by atoms with Gasteiger partial charge in [0.05, 0.1) is 0 Å². The minimum Gasteiger partial charge on any atom is -0.674 e. The van der Waals surface area contributed by atoms with Crippen molar-refractivity contribution in [1.82, 2.24) is 0 Å². The summed E-state index contributed by atoms with van der Waals surface area (Å²) >= 11 is 0. The fourth-order valence-electron chi connectivity index (χ4n) is 1.45. The third-order valence-electron chi connectivity index (χ3n) is 2.07. The molecule has 0 saturated carbocycles. The van der Waals surface area contributed by atoms with E-state index >= 15 is 0 Å². The van der Waals surface area contributed by atoms with Gasteiger partial charge in [0.2, 0.25) is 0 Å². The molecular weight excluding hydrogens is 235 g/mol. The Morgan fingerprint density at radius 1 is 0.923 bits per heavy atom. The fraction of sp³-hybridized carbons (Fsp3) is 0.0909. The molecule has 0 unspecified atom stereocenters. The maximum absolute atomic E-state index is 7.33. The summed E-state index contributed by atoms with van der Waals surface area (Å²) in [6.07, 6.45) is 0. The van der Waals surface area contributed by atoms with E-state index in [1.54, 1.807) is 0 Å². The maximum atomic E-state index is 7.33. The van der Waals surface area contributed by atoms with Crippen molar-refractivity contribution in [2.45, 2.75) is 6.54 Å². The SMILES string of the molecule is [NH-]Cc1cccc2ccccc12.[Y]. The topological polar surface area (TPSA) is 23.8 Å². The molecule has 0 atom stereocenters. The number of benzene rings is 2. The van der Waals surface area contributed by atoms with Gasteiger partial charge in [-0.2, -0.15) is 0 Å². The Hall–Kier alpha value is -0.236. The first-order chi connectivity index (χ1) is 5.92. The minimum absolute atomic E-state index is 0. The Balaban J connectivity index is 0.000000845. The first kappa shape index (κ1) is 10.8. The summed E-state index contributed by atoms with van der Waals surface area (Å²) in [5.74, 6) is 0. The molecule has 0 aliphatic carbocycles. The van der Waals surface area contributed by atoms with Crippen LogP contribution in [0.15, 0.2) is 42.5 Å². The third kappa shape index (κ3) is 2.16. The number of hydrogen-bond donors (Lipinski definition) is 0. The van der Waals surface area contributed by atoms with Crippen LogP contribution in [0, 0.1) is 0 Å². The van der Waals surface area contributed by atoms with Crippen molar-refractivity contribution < 1.29 is 32.7 Å². The van der Waals surface area contributed by atoms with Gasteiger partial charge in [-0.15, -0.1) is 6.54 Å². The van der Waals surface area contributed by atoms with Gasteiger partial charge in [-0.05, 0) is 10.8 Å². The van der Waals surface area contributed by atoms with E-state index in [1.165, 1.54) is 10.8 Å². The van der Waals surface area contributed by atoms with Gasteiger partial charge in [-0.1, -0.05) is 48.0 Å². The Labute approximate surface area is 103 Å². The summed E-state index contributed by atoms with van der Waals surface area (Å²) in [6, 6.07) is 14.3. The zero-order chi connectivity index (χ0) is 8.39. The molecule has 1 nitrogen and oxygen atoms in total. The molecule has 2 aromatic carbocycles. The van der Waals surface area contributed by atoms with Crippen LogP contribution in [0.3, 0.4) is 0 Å². The normalized spacial score (nSPS) is 9.62. The second kappa shape index (κ2) is 4.85. The van der Waals surface area contributed by atoms with E-state index in [9.17, 15) is 0 Å². The fourth-order valence-corrected chi connectivity index (χ4v) is 1.45. The first-order valence-corrected chi connectivity index (χ1v) is 4.03. The van der Waals surface area contributed by atoms with Gasteiger partial charge >= 0.3 is 0 Å². The van der Waals surface area contributed by atoms with Crippen molar-refractivity contribution in [2.75, 3.05) is 0 Å². The molecule has 0 bridgehead atoms. The molecule has 0 aliphatic rings. The second-order valence-electron chi connectivity index (χ2n) is 2.82. The molecule has 1 N–H and O–H groups in total. The molecule has 13 heavy (non-hydrogen) atoms. The van der Waals surface area contributed by atoms with Gasteiger partial charge in [-0.25, -0.2) is 0 Å². The van der Waals surface area contributed by atoms with E-state index in [4.69, 9.17) is 5.73 Å². The number of fused-ring (bicyclic) bond motifs is 1. The molecule has 0 aliphatic heterocycles. The molecule has 2 aromatic rings. The minimum atomic E-state index is 0. The average Bonchev–Trinajstić information content (AvgIpc) is 2.17. The third-order valence-corrected chi connectivity index (χ3v) is 2.07. The largest absolute Gasteiger partial charge is 0.674 e. The predicted octanol–water partition coefficient (Wildman–Crippen LogP) is 3.39. The molecule has 0 spiro atoms. The summed E-state index contributed by atoms with van der Waals surface area (Å²) < 4.78 is 0. The van der Waals surface area contributed by atoms with Gasteiger partial charge in [0.15, 0.2) is 0 Å². The predicted molar refractivity (Wildman–Crippen MR) is 52.0 cm³/mol. The van der Waals surface area contributed by atoms with Crippen molar-refractivity contribution in [2.24, 2.45) is 0 Å². The maximum Gasteiger partial charge on any atom is 0 e. The molecule has 0 aromatic heterocycles. The van der Waals surface area contributed by atoms with Crippen LogP contribution in [0.2, 0.25) is 0 Å². The Kier molecular flexibility index (Phi) is 4.04. The Bertz CT molecular complexity index is 393. The molecule has 2 heteroatoms. The summed E-state index contributed by atoms with van der Waals surface area (Å²) in [4.78, 5) is 0. The zero-order valence-corrected chi connectivity index (χ0v) is 10.2. The van der Waals surface area contributed by atoms with Crippen molar-refractivity contribution >= 4 is 10.8 Å².